The second-order valence-corrected chi connectivity index (χ2v) is 6.28. The number of aromatic nitrogens is 2. The summed E-state index contributed by atoms with van der Waals surface area (Å²) >= 11 is 0. The maximum atomic E-state index is 5.22. The van der Waals surface area contributed by atoms with E-state index in [1.807, 2.05) is 12.5 Å². The number of nitrogens with one attached hydrogen (secondary N) is 1. The largest absolute Gasteiger partial charge is 0.385 e. The SMILES string of the molecule is COCCC1(Cn2cncc2CNCC(C)C)CC1. The van der Waals surface area contributed by atoms with E-state index in [0.717, 1.165) is 26.2 Å². The lowest BCUT2D eigenvalue weighted by molar-refractivity contribution is 0.166. The summed E-state index contributed by atoms with van der Waals surface area (Å²) in [5.41, 5.74) is 1.77. The van der Waals surface area contributed by atoms with E-state index in [0.29, 0.717) is 11.3 Å². The van der Waals surface area contributed by atoms with Crippen molar-refractivity contribution in [2.75, 3.05) is 20.3 Å². The van der Waals surface area contributed by atoms with E-state index in [2.05, 4.69) is 28.7 Å². The first-order chi connectivity index (χ1) is 9.15. The lowest BCUT2D eigenvalue weighted by Gasteiger charge is -2.17. The molecule has 4 nitrogen and oxygen atoms in total. The molecule has 0 aliphatic heterocycles. The fourth-order valence-electron chi connectivity index (χ4n) is 2.47. The first-order valence-corrected chi connectivity index (χ1v) is 7.34. The molecule has 0 unspecified atom stereocenters. The van der Waals surface area contributed by atoms with Crippen LogP contribution < -0.4 is 5.32 Å². The Kier molecular flexibility index (Phi) is 4.99. The van der Waals surface area contributed by atoms with Crippen molar-refractivity contribution in [1.82, 2.24) is 14.9 Å². The Morgan fingerprint density at radius 3 is 2.89 bits per heavy atom. The Morgan fingerprint density at radius 2 is 2.26 bits per heavy atom. The highest BCUT2D eigenvalue weighted by molar-refractivity contribution is 5.02. The Hall–Kier alpha value is -0.870. The normalized spacial score (nSPS) is 17.1. The lowest BCUT2D eigenvalue weighted by atomic mass is 10.0. The van der Waals surface area contributed by atoms with Crippen LogP contribution in [0.15, 0.2) is 12.5 Å². The zero-order valence-electron chi connectivity index (χ0n) is 12.5. The molecule has 19 heavy (non-hydrogen) atoms. The Labute approximate surface area is 116 Å². The fraction of sp³-hybridized carbons (Fsp3) is 0.800. The van der Waals surface area contributed by atoms with E-state index in [1.165, 1.54) is 25.0 Å². The van der Waals surface area contributed by atoms with Crippen LogP contribution in [0, 0.1) is 11.3 Å². The van der Waals surface area contributed by atoms with Crippen molar-refractivity contribution >= 4 is 0 Å². The van der Waals surface area contributed by atoms with Gasteiger partial charge in [0.25, 0.3) is 0 Å². The maximum Gasteiger partial charge on any atom is 0.0948 e. The quantitative estimate of drug-likeness (QED) is 0.745. The third kappa shape index (κ3) is 4.32. The van der Waals surface area contributed by atoms with Gasteiger partial charge < -0.3 is 14.6 Å². The molecule has 0 atom stereocenters. The summed E-state index contributed by atoms with van der Waals surface area (Å²) in [5, 5.41) is 3.49. The monoisotopic (exact) mass is 265 g/mol. The average molecular weight is 265 g/mol. The minimum absolute atomic E-state index is 0.476. The summed E-state index contributed by atoms with van der Waals surface area (Å²) in [4.78, 5) is 4.30. The van der Waals surface area contributed by atoms with Crippen LogP contribution in [0.25, 0.3) is 0 Å². The smallest absolute Gasteiger partial charge is 0.0948 e. The molecule has 4 heteroatoms. The fourth-order valence-corrected chi connectivity index (χ4v) is 2.47. The molecule has 1 heterocycles. The molecule has 0 bridgehead atoms. The number of hydrogen-bond donors (Lipinski definition) is 1. The second-order valence-electron chi connectivity index (χ2n) is 6.28. The van der Waals surface area contributed by atoms with Gasteiger partial charge in [-0.25, -0.2) is 4.98 Å². The number of nitrogens with zero attached hydrogens (tertiary/aromatic N) is 2. The average Bonchev–Trinajstić information content (AvgIpc) is 3.00. The molecule has 0 radical (unpaired) electrons. The van der Waals surface area contributed by atoms with Crippen LogP contribution in [0.4, 0.5) is 0 Å². The molecule has 108 valence electrons. The minimum atomic E-state index is 0.476. The number of imidazole rings is 1. The molecule has 1 aromatic rings. The highest BCUT2D eigenvalue weighted by atomic mass is 16.5. The summed E-state index contributed by atoms with van der Waals surface area (Å²) in [7, 11) is 1.79. The number of rotatable bonds is 9. The number of ether oxygens (including phenoxy) is 1. The van der Waals surface area contributed by atoms with E-state index in [4.69, 9.17) is 4.74 Å². The predicted octanol–water partition coefficient (Wildman–Crippen LogP) is 2.45. The molecular formula is C15H27N3O. The van der Waals surface area contributed by atoms with Crippen LogP contribution in [0.1, 0.15) is 38.8 Å². The van der Waals surface area contributed by atoms with E-state index in [1.54, 1.807) is 7.11 Å². The van der Waals surface area contributed by atoms with E-state index >= 15 is 0 Å². The van der Waals surface area contributed by atoms with Crippen LogP contribution in [0.5, 0.6) is 0 Å². The third-order valence-corrected chi connectivity index (χ3v) is 3.96. The molecule has 1 aliphatic rings. The van der Waals surface area contributed by atoms with Crippen molar-refractivity contribution in [3.8, 4) is 0 Å². The topological polar surface area (TPSA) is 39.1 Å². The Bertz CT molecular complexity index is 382. The Morgan fingerprint density at radius 1 is 1.47 bits per heavy atom. The third-order valence-electron chi connectivity index (χ3n) is 3.96. The summed E-state index contributed by atoms with van der Waals surface area (Å²) in [6.07, 6.45) is 7.78. The van der Waals surface area contributed by atoms with Crippen LogP contribution in [-0.2, 0) is 17.8 Å². The van der Waals surface area contributed by atoms with Crippen molar-refractivity contribution in [3.05, 3.63) is 18.2 Å². The molecule has 1 fully saturated rings. The second kappa shape index (κ2) is 6.53. The van der Waals surface area contributed by atoms with Gasteiger partial charge in [0, 0.05) is 33.0 Å². The molecule has 1 saturated carbocycles. The highest BCUT2D eigenvalue weighted by Crippen LogP contribution is 2.50. The van der Waals surface area contributed by atoms with Gasteiger partial charge in [-0.05, 0) is 37.1 Å². The molecule has 1 aliphatic carbocycles. The van der Waals surface area contributed by atoms with Crippen molar-refractivity contribution in [1.29, 1.82) is 0 Å². The predicted molar refractivity (Wildman–Crippen MR) is 76.9 cm³/mol. The van der Waals surface area contributed by atoms with E-state index < -0.39 is 0 Å². The molecule has 0 saturated heterocycles. The van der Waals surface area contributed by atoms with Crippen LogP contribution in [-0.4, -0.2) is 29.8 Å². The Balaban J connectivity index is 1.85. The molecule has 0 spiro atoms. The van der Waals surface area contributed by atoms with Crippen LogP contribution in [0.2, 0.25) is 0 Å². The molecule has 1 N–H and O–H groups in total. The summed E-state index contributed by atoms with van der Waals surface area (Å²) in [6.45, 7) is 8.39. The molecule has 1 aromatic heterocycles. The van der Waals surface area contributed by atoms with Gasteiger partial charge in [-0.15, -0.1) is 0 Å². The van der Waals surface area contributed by atoms with Gasteiger partial charge in [-0.2, -0.15) is 0 Å². The maximum absolute atomic E-state index is 5.22. The summed E-state index contributed by atoms with van der Waals surface area (Å²) in [6, 6.07) is 0. The minimum Gasteiger partial charge on any atom is -0.385 e. The molecular weight excluding hydrogens is 238 g/mol. The van der Waals surface area contributed by atoms with Gasteiger partial charge >= 0.3 is 0 Å². The number of methoxy groups -OCH3 is 1. The molecule has 0 amide bonds. The zero-order chi connectivity index (χ0) is 13.7. The van der Waals surface area contributed by atoms with Crippen LogP contribution >= 0.6 is 0 Å². The highest BCUT2D eigenvalue weighted by Gasteiger charge is 2.42. The molecule has 0 aromatic carbocycles. The van der Waals surface area contributed by atoms with Crippen molar-refractivity contribution in [2.45, 2.75) is 46.2 Å². The van der Waals surface area contributed by atoms with Crippen molar-refractivity contribution < 1.29 is 4.74 Å². The van der Waals surface area contributed by atoms with Gasteiger partial charge in [0.15, 0.2) is 0 Å². The van der Waals surface area contributed by atoms with Crippen molar-refractivity contribution in [3.63, 3.8) is 0 Å². The van der Waals surface area contributed by atoms with E-state index in [-0.39, 0.29) is 0 Å². The van der Waals surface area contributed by atoms with Gasteiger partial charge in [-0.3, -0.25) is 0 Å². The first-order valence-electron chi connectivity index (χ1n) is 7.34. The van der Waals surface area contributed by atoms with Gasteiger partial charge in [-0.1, -0.05) is 13.8 Å². The molecule has 2 rings (SSSR count). The number of hydrogen-bond acceptors (Lipinski definition) is 3. The van der Waals surface area contributed by atoms with Gasteiger partial charge in [0.1, 0.15) is 0 Å². The summed E-state index contributed by atoms with van der Waals surface area (Å²) in [5.74, 6) is 0.688. The standard InChI is InChI=1S/C15H27N3O/c1-13(2)8-16-9-14-10-17-12-18(14)11-15(4-5-15)6-7-19-3/h10,12-13,16H,4-9,11H2,1-3H3. The van der Waals surface area contributed by atoms with Gasteiger partial charge in [0.2, 0.25) is 0 Å². The van der Waals surface area contributed by atoms with Crippen molar-refractivity contribution in [2.24, 2.45) is 11.3 Å². The van der Waals surface area contributed by atoms with Gasteiger partial charge in [0.05, 0.1) is 12.0 Å². The summed E-state index contributed by atoms with van der Waals surface area (Å²) < 4.78 is 7.54. The lowest BCUT2D eigenvalue weighted by Crippen LogP contribution is -2.22. The van der Waals surface area contributed by atoms with Crippen LogP contribution in [0.3, 0.4) is 0 Å². The zero-order valence-corrected chi connectivity index (χ0v) is 12.5. The van der Waals surface area contributed by atoms with E-state index in [9.17, 15) is 0 Å². The first kappa shape index (κ1) is 14.5.